The molecule has 1 aromatic rings. The number of aliphatic hydroxyl groups is 1. The van der Waals surface area contributed by atoms with Gasteiger partial charge in [-0.05, 0) is 36.6 Å². The van der Waals surface area contributed by atoms with E-state index in [1.54, 1.807) is 24.3 Å². The molecule has 0 aromatic heterocycles. The molecule has 0 heterocycles. The van der Waals surface area contributed by atoms with Gasteiger partial charge in [0.2, 0.25) is 10.0 Å². The first-order chi connectivity index (χ1) is 9.43. The molecule has 0 aliphatic rings. The van der Waals surface area contributed by atoms with E-state index in [2.05, 4.69) is 16.6 Å². The molecule has 0 radical (unpaired) electrons. The number of hydrogen-bond donors (Lipinski definition) is 2. The fourth-order valence-corrected chi connectivity index (χ4v) is 2.84. The van der Waals surface area contributed by atoms with Crippen LogP contribution in [0.5, 0.6) is 0 Å². The maximum atomic E-state index is 11.8. The quantitative estimate of drug-likeness (QED) is 0.791. The van der Waals surface area contributed by atoms with Crippen molar-refractivity contribution in [2.24, 2.45) is 5.92 Å². The molecular formula is C15H21NO3S. The van der Waals surface area contributed by atoms with E-state index in [-0.39, 0.29) is 12.4 Å². The fourth-order valence-electron chi connectivity index (χ4n) is 1.46. The van der Waals surface area contributed by atoms with Gasteiger partial charge in [0.15, 0.2) is 0 Å². The van der Waals surface area contributed by atoms with Gasteiger partial charge in [0.1, 0.15) is 0 Å². The smallest absolute Gasteiger partial charge is 0.232 e. The molecule has 0 bridgehead atoms. The highest BCUT2D eigenvalue weighted by Gasteiger charge is 2.11. The van der Waals surface area contributed by atoms with Crippen LogP contribution in [-0.2, 0) is 10.0 Å². The molecule has 0 saturated heterocycles. The molecule has 20 heavy (non-hydrogen) atoms. The zero-order valence-corrected chi connectivity index (χ0v) is 12.7. The zero-order chi connectivity index (χ0) is 15.0. The first-order valence-electron chi connectivity index (χ1n) is 6.63. The summed E-state index contributed by atoms with van der Waals surface area (Å²) in [6, 6.07) is 6.89. The van der Waals surface area contributed by atoms with Crippen molar-refractivity contribution in [3.63, 3.8) is 0 Å². The van der Waals surface area contributed by atoms with E-state index >= 15 is 0 Å². The van der Waals surface area contributed by atoms with Crippen molar-refractivity contribution in [2.45, 2.75) is 26.7 Å². The van der Waals surface area contributed by atoms with Crippen LogP contribution < -0.4 is 4.72 Å². The summed E-state index contributed by atoms with van der Waals surface area (Å²) in [5, 5.41) is 8.63. The van der Waals surface area contributed by atoms with Gasteiger partial charge in [0, 0.05) is 17.7 Å². The molecule has 0 aliphatic carbocycles. The highest BCUT2D eigenvalue weighted by molar-refractivity contribution is 7.92. The number of anilines is 1. The van der Waals surface area contributed by atoms with Crippen LogP contribution >= 0.6 is 0 Å². The summed E-state index contributed by atoms with van der Waals surface area (Å²) in [6.45, 7) is 4.03. The Morgan fingerprint density at radius 3 is 2.45 bits per heavy atom. The van der Waals surface area contributed by atoms with Gasteiger partial charge in [-0.2, -0.15) is 0 Å². The minimum Gasteiger partial charge on any atom is -0.395 e. The predicted octanol–water partition coefficient (Wildman–Crippen LogP) is 2.21. The second-order valence-corrected chi connectivity index (χ2v) is 6.80. The Hall–Kier alpha value is -1.51. The van der Waals surface area contributed by atoms with E-state index in [9.17, 15) is 8.42 Å². The fraction of sp³-hybridized carbons (Fsp3) is 0.467. The highest BCUT2D eigenvalue weighted by Crippen LogP contribution is 2.12. The van der Waals surface area contributed by atoms with Crippen molar-refractivity contribution in [3.8, 4) is 11.8 Å². The van der Waals surface area contributed by atoms with Crippen molar-refractivity contribution in [3.05, 3.63) is 29.8 Å². The molecule has 4 nitrogen and oxygen atoms in total. The summed E-state index contributed by atoms with van der Waals surface area (Å²) >= 11 is 0. The molecule has 0 unspecified atom stereocenters. The van der Waals surface area contributed by atoms with E-state index in [0.717, 1.165) is 5.56 Å². The first kappa shape index (κ1) is 16.5. The molecule has 110 valence electrons. The molecule has 5 heteroatoms. The van der Waals surface area contributed by atoms with Crippen molar-refractivity contribution in [1.82, 2.24) is 0 Å². The van der Waals surface area contributed by atoms with Crippen LogP contribution in [0.1, 0.15) is 32.3 Å². The largest absolute Gasteiger partial charge is 0.395 e. The topological polar surface area (TPSA) is 66.4 Å². The van der Waals surface area contributed by atoms with Gasteiger partial charge < -0.3 is 5.11 Å². The summed E-state index contributed by atoms with van der Waals surface area (Å²) < 4.78 is 26.2. The summed E-state index contributed by atoms with van der Waals surface area (Å²) in [4.78, 5) is 0. The lowest BCUT2D eigenvalue weighted by Gasteiger charge is -2.09. The lowest BCUT2D eigenvalue weighted by Crippen LogP contribution is -2.17. The van der Waals surface area contributed by atoms with E-state index in [0.29, 0.717) is 24.4 Å². The van der Waals surface area contributed by atoms with Gasteiger partial charge in [-0.25, -0.2) is 8.42 Å². The zero-order valence-electron chi connectivity index (χ0n) is 11.9. The van der Waals surface area contributed by atoms with Gasteiger partial charge >= 0.3 is 0 Å². The molecule has 0 saturated carbocycles. The molecule has 2 N–H and O–H groups in total. The number of benzene rings is 1. The Morgan fingerprint density at radius 2 is 1.90 bits per heavy atom. The average Bonchev–Trinajstić information content (AvgIpc) is 2.39. The van der Waals surface area contributed by atoms with Crippen LogP contribution in [-0.4, -0.2) is 25.9 Å². The van der Waals surface area contributed by atoms with Crippen molar-refractivity contribution >= 4 is 15.7 Å². The van der Waals surface area contributed by atoms with Crippen LogP contribution in [0.2, 0.25) is 0 Å². The minimum absolute atomic E-state index is 0.0424. The maximum absolute atomic E-state index is 11.8. The number of nitrogens with one attached hydrogen (secondary N) is 1. The Labute approximate surface area is 121 Å². The van der Waals surface area contributed by atoms with Gasteiger partial charge in [0.25, 0.3) is 0 Å². The third kappa shape index (κ3) is 6.60. The van der Waals surface area contributed by atoms with Crippen LogP contribution in [0.15, 0.2) is 24.3 Å². The molecular weight excluding hydrogens is 274 g/mol. The monoisotopic (exact) mass is 295 g/mol. The molecule has 0 spiro atoms. The van der Waals surface area contributed by atoms with E-state index in [1.165, 1.54) is 0 Å². The second kappa shape index (κ2) is 7.93. The summed E-state index contributed by atoms with van der Waals surface area (Å²) in [5.41, 5.74) is 1.34. The number of aliphatic hydroxyl groups excluding tert-OH is 1. The molecule has 0 fully saturated rings. The van der Waals surface area contributed by atoms with Gasteiger partial charge in [-0.3, -0.25) is 4.72 Å². The number of hydrogen-bond acceptors (Lipinski definition) is 3. The molecule has 1 aromatic carbocycles. The lowest BCUT2D eigenvalue weighted by atomic mass is 10.2. The molecule has 0 aliphatic heterocycles. The van der Waals surface area contributed by atoms with Crippen LogP contribution in [0.3, 0.4) is 0 Å². The van der Waals surface area contributed by atoms with Crippen LogP contribution in [0, 0.1) is 17.8 Å². The number of rotatable bonds is 6. The normalized spacial score (nSPS) is 11.0. The molecule has 0 amide bonds. The van der Waals surface area contributed by atoms with E-state index in [1.807, 2.05) is 13.8 Å². The van der Waals surface area contributed by atoms with Crippen molar-refractivity contribution in [2.75, 3.05) is 17.1 Å². The molecule has 0 atom stereocenters. The highest BCUT2D eigenvalue weighted by atomic mass is 32.2. The Bertz CT molecular complexity index is 565. The van der Waals surface area contributed by atoms with Gasteiger partial charge in [-0.15, -0.1) is 0 Å². The maximum Gasteiger partial charge on any atom is 0.232 e. The predicted molar refractivity (Wildman–Crippen MR) is 81.9 cm³/mol. The van der Waals surface area contributed by atoms with E-state index < -0.39 is 10.0 Å². The summed E-state index contributed by atoms with van der Waals surface area (Å²) in [5.74, 6) is 6.19. The Balaban J connectivity index is 2.64. The van der Waals surface area contributed by atoms with Crippen LogP contribution in [0.25, 0.3) is 0 Å². The van der Waals surface area contributed by atoms with Gasteiger partial charge in [0.05, 0.1) is 12.4 Å². The average molecular weight is 295 g/mol. The number of sulfonamides is 1. The van der Waals surface area contributed by atoms with Gasteiger partial charge in [-0.1, -0.05) is 25.7 Å². The lowest BCUT2D eigenvalue weighted by molar-refractivity contribution is 0.305. The first-order valence-corrected chi connectivity index (χ1v) is 8.28. The standard InChI is InChI=1S/C15H21NO3S/c1-13(2)10-12-20(18,19)16-15-8-6-14(7-9-15)5-3-4-11-17/h6-9,13,16-17H,4,10-12H2,1-2H3. The van der Waals surface area contributed by atoms with E-state index in [4.69, 9.17) is 5.11 Å². The third-order valence-corrected chi connectivity index (χ3v) is 3.91. The Morgan fingerprint density at radius 1 is 1.25 bits per heavy atom. The van der Waals surface area contributed by atoms with Crippen molar-refractivity contribution in [1.29, 1.82) is 0 Å². The summed E-state index contributed by atoms with van der Waals surface area (Å²) in [6.07, 6.45) is 1.07. The SMILES string of the molecule is CC(C)CCS(=O)(=O)Nc1ccc(C#CCCO)cc1. The van der Waals surface area contributed by atoms with Crippen molar-refractivity contribution < 1.29 is 13.5 Å². The summed E-state index contributed by atoms with van der Waals surface area (Å²) in [7, 11) is -3.28. The molecule has 1 rings (SSSR count). The second-order valence-electron chi connectivity index (χ2n) is 4.96. The third-order valence-electron chi connectivity index (χ3n) is 2.59. The van der Waals surface area contributed by atoms with Crippen LogP contribution in [0.4, 0.5) is 5.69 Å². The Kier molecular flexibility index (Phi) is 6.56. The minimum atomic E-state index is -3.28.